The molecule has 0 aliphatic carbocycles. The van der Waals surface area contributed by atoms with Gasteiger partial charge in [0.2, 0.25) is 5.78 Å². The van der Waals surface area contributed by atoms with Crippen molar-refractivity contribution in [2.75, 3.05) is 19.7 Å². The minimum absolute atomic E-state index is 0.0724. The number of ether oxygens (including phenoxy) is 1. The van der Waals surface area contributed by atoms with Crippen molar-refractivity contribution in [1.82, 2.24) is 24.0 Å². The molecule has 206 valence electrons. The molecule has 0 amide bonds. The Kier molecular flexibility index (Phi) is 7.21. The predicted octanol–water partition coefficient (Wildman–Crippen LogP) is 4.87. The Balaban J connectivity index is 1.21. The van der Waals surface area contributed by atoms with Gasteiger partial charge in [0.15, 0.2) is 5.65 Å². The highest BCUT2D eigenvalue weighted by Gasteiger charge is 2.26. The van der Waals surface area contributed by atoms with E-state index < -0.39 is 0 Å². The van der Waals surface area contributed by atoms with Crippen LogP contribution in [0.2, 0.25) is 0 Å². The first-order chi connectivity index (χ1) is 19.5. The van der Waals surface area contributed by atoms with Gasteiger partial charge in [-0.05, 0) is 56.9 Å². The fraction of sp³-hybridized carbons (Fsp3) is 0.355. The molecule has 6 rings (SSSR count). The highest BCUT2D eigenvalue weighted by molar-refractivity contribution is 6.16. The molecule has 40 heavy (non-hydrogen) atoms. The number of nitrogens with zero attached hydrogens (tertiary/aromatic N) is 5. The lowest BCUT2D eigenvalue weighted by Gasteiger charge is -2.34. The fourth-order valence-corrected chi connectivity index (χ4v) is 6.01. The maximum atomic E-state index is 13.9. The van der Waals surface area contributed by atoms with Gasteiger partial charge in [0.05, 0.1) is 11.6 Å². The number of hydrogen-bond acceptors (Lipinski definition) is 6. The lowest BCUT2D eigenvalue weighted by Crippen LogP contribution is -2.36. The second-order valence-electron chi connectivity index (χ2n) is 10.5. The second-order valence-corrected chi connectivity index (χ2v) is 10.5. The van der Waals surface area contributed by atoms with Gasteiger partial charge in [-0.25, -0.2) is 9.78 Å². The zero-order valence-corrected chi connectivity index (χ0v) is 22.8. The number of para-hydroxylation sites is 1. The van der Waals surface area contributed by atoms with Crippen molar-refractivity contribution in [2.24, 2.45) is 4.99 Å². The van der Waals surface area contributed by atoms with Crippen molar-refractivity contribution in [3.63, 3.8) is 0 Å². The Labute approximate surface area is 232 Å². The van der Waals surface area contributed by atoms with Crippen molar-refractivity contribution in [3.8, 4) is 0 Å². The number of imidazole rings is 1. The summed E-state index contributed by atoms with van der Waals surface area (Å²) in [6.07, 6.45) is 10.9. The van der Waals surface area contributed by atoms with Crippen LogP contribution >= 0.6 is 0 Å². The summed E-state index contributed by atoms with van der Waals surface area (Å²) in [7, 11) is 0. The number of carbonyl (C=O) groups is 1. The van der Waals surface area contributed by atoms with E-state index in [0.717, 1.165) is 74.0 Å². The molecule has 1 N–H and O–H groups in total. The number of H-pyrrole nitrogens is 1. The van der Waals surface area contributed by atoms with Gasteiger partial charge < -0.3 is 14.2 Å². The lowest BCUT2D eigenvalue weighted by molar-refractivity contribution is 0.0975. The average Bonchev–Trinajstić information content (AvgIpc) is 3.70. The zero-order chi connectivity index (χ0) is 27.6. The third kappa shape index (κ3) is 4.93. The molecule has 0 saturated carbocycles. The van der Waals surface area contributed by atoms with Gasteiger partial charge in [-0.3, -0.25) is 19.3 Å². The number of hydrogen-bond donors (Lipinski definition) is 1. The van der Waals surface area contributed by atoms with E-state index in [1.54, 1.807) is 18.5 Å². The Bertz CT molecular complexity index is 1680. The second kappa shape index (κ2) is 11.1. The molecular formula is C31H34N6O3. The third-order valence-corrected chi connectivity index (χ3v) is 7.99. The summed E-state index contributed by atoms with van der Waals surface area (Å²) < 4.78 is 9.81. The molecule has 0 bridgehead atoms. The predicted molar refractivity (Wildman–Crippen MR) is 157 cm³/mol. The van der Waals surface area contributed by atoms with E-state index in [-0.39, 0.29) is 23.6 Å². The van der Waals surface area contributed by atoms with E-state index in [1.807, 2.05) is 54.1 Å². The first kappa shape index (κ1) is 26.0. The SMILES string of the molecule is C=C(/C=C(\N=C/C)C(=O)c1cn(CC2CCCO2)c2ccccc12)N1CCC(n2c(=O)[nH]c3ncccc32)CC1. The number of rotatable bonds is 8. The number of aromatic amines is 1. The Morgan fingerprint density at radius 3 is 2.75 bits per heavy atom. The number of nitrogens with one attached hydrogen (secondary N) is 1. The number of ketones is 1. The molecular weight excluding hydrogens is 504 g/mol. The van der Waals surface area contributed by atoms with Crippen molar-refractivity contribution < 1.29 is 9.53 Å². The fourth-order valence-electron chi connectivity index (χ4n) is 6.01. The minimum atomic E-state index is -0.130. The summed E-state index contributed by atoms with van der Waals surface area (Å²) in [6.45, 7) is 9.05. The van der Waals surface area contributed by atoms with Gasteiger partial charge in [0.1, 0.15) is 5.70 Å². The number of carbonyl (C=O) groups excluding carboxylic acids is 1. The number of pyridine rings is 1. The van der Waals surface area contributed by atoms with Crippen LogP contribution in [0.1, 0.15) is 49.0 Å². The molecule has 3 aromatic heterocycles. The number of fused-ring (bicyclic) bond motifs is 2. The van der Waals surface area contributed by atoms with Gasteiger partial charge >= 0.3 is 5.69 Å². The van der Waals surface area contributed by atoms with Crippen LogP contribution in [-0.4, -0.2) is 61.8 Å². The summed E-state index contributed by atoms with van der Waals surface area (Å²) in [5.74, 6) is -0.130. The maximum Gasteiger partial charge on any atom is 0.327 e. The molecule has 2 saturated heterocycles. The molecule has 2 aliphatic heterocycles. The lowest BCUT2D eigenvalue weighted by atomic mass is 10.0. The third-order valence-electron chi connectivity index (χ3n) is 7.99. The molecule has 2 aliphatic rings. The number of aromatic nitrogens is 4. The molecule has 1 aromatic carbocycles. The van der Waals surface area contributed by atoms with Crippen LogP contribution in [0.3, 0.4) is 0 Å². The van der Waals surface area contributed by atoms with E-state index in [4.69, 9.17) is 4.74 Å². The molecule has 5 heterocycles. The molecule has 4 aromatic rings. The molecule has 9 nitrogen and oxygen atoms in total. The first-order valence-corrected chi connectivity index (χ1v) is 14.0. The van der Waals surface area contributed by atoms with E-state index in [1.165, 1.54) is 0 Å². The van der Waals surface area contributed by atoms with Gasteiger partial charge in [-0.2, -0.15) is 0 Å². The van der Waals surface area contributed by atoms with Crippen molar-refractivity contribution in [2.45, 2.75) is 51.3 Å². The monoisotopic (exact) mass is 538 g/mol. The minimum Gasteiger partial charge on any atom is -0.376 e. The largest absolute Gasteiger partial charge is 0.376 e. The Morgan fingerprint density at radius 2 is 1.98 bits per heavy atom. The number of Topliss-reactive ketones (excluding diaryl/α,β-unsaturated/α-hetero) is 1. The Morgan fingerprint density at radius 1 is 1.18 bits per heavy atom. The van der Waals surface area contributed by atoms with E-state index in [0.29, 0.717) is 16.9 Å². The van der Waals surface area contributed by atoms with Crippen LogP contribution < -0.4 is 5.69 Å². The van der Waals surface area contributed by atoms with Crippen LogP contribution in [0, 0.1) is 0 Å². The summed E-state index contributed by atoms with van der Waals surface area (Å²) in [5, 5.41) is 0.910. The van der Waals surface area contributed by atoms with Crippen molar-refractivity contribution in [3.05, 3.63) is 88.9 Å². The van der Waals surface area contributed by atoms with Crippen LogP contribution in [0.25, 0.3) is 22.1 Å². The summed E-state index contributed by atoms with van der Waals surface area (Å²) in [5.41, 5.74) is 4.05. The van der Waals surface area contributed by atoms with Gasteiger partial charge in [-0.15, -0.1) is 0 Å². The summed E-state index contributed by atoms with van der Waals surface area (Å²) in [4.78, 5) is 40.2. The Hall–Kier alpha value is -4.24. The van der Waals surface area contributed by atoms with Gasteiger partial charge in [0.25, 0.3) is 0 Å². The first-order valence-electron chi connectivity index (χ1n) is 14.0. The smallest absolute Gasteiger partial charge is 0.327 e. The number of likely N-dealkylation sites (tertiary alicyclic amines) is 1. The van der Waals surface area contributed by atoms with Crippen LogP contribution in [0.4, 0.5) is 0 Å². The number of piperidine rings is 1. The van der Waals surface area contributed by atoms with Crippen LogP contribution in [0.5, 0.6) is 0 Å². The molecule has 9 heteroatoms. The normalized spacial score (nSPS) is 18.9. The molecule has 1 unspecified atom stereocenters. The van der Waals surface area contributed by atoms with Gasteiger partial charge in [0, 0.05) is 73.1 Å². The number of allylic oxidation sites excluding steroid dienone is 2. The molecule has 2 fully saturated rings. The molecule has 0 radical (unpaired) electrons. The molecule has 0 spiro atoms. The van der Waals surface area contributed by atoms with E-state index >= 15 is 0 Å². The zero-order valence-electron chi connectivity index (χ0n) is 22.8. The summed E-state index contributed by atoms with van der Waals surface area (Å²) >= 11 is 0. The van der Waals surface area contributed by atoms with Crippen molar-refractivity contribution in [1.29, 1.82) is 0 Å². The van der Waals surface area contributed by atoms with Crippen molar-refractivity contribution >= 4 is 34.1 Å². The molecule has 1 atom stereocenters. The number of aliphatic imine (C=N–C) groups is 1. The maximum absolute atomic E-state index is 13.9. The summed E-state index contributed by atoms with van der Waals surface area (Å²) in [6, 6.07) is 11.8. The van der Waals surface area contributed by atoms with E-state index in [2.05, 4.69) is 31.0 Å². The topological polar surface area (TPSA) is 97.5 Å². The van der Waals surface area contributed by atoms with Gasteiger partial charge in [-0.1, -0.05) is 24.8 Å². The van der Waals surface area contributed by atoms with Crippen LogP contribution in [0.15, 0.2) is 82.6 Å². The highest BCUT2D eigenvalue weighted by atomic mass is 16.5. The average molecular weight is 539 g/mol. The highest BCUT2D eigenvalue weighted by Crippen LogP contribution is 2.29. The number of benzene rings is 1. The van der Waals surface area contributed by atoms with Crippen LogP contribution in [-0.2, 0) is 11.3 Å². The quantitative estimate of drug-likeness (QED) is 0.149. The standard InChI is InChI=1S/C31H34N6O3/c1-3-32-26(29(38)25-20-36(19-23-8-7-17-40-23)27-10-5-4-9-24(25)27)18-21(2)35-15-12-22(13-16-35)37-28-11-6-14-33-30(28)34-31(37)39/h3-6,9-11,14,18,20,22-23H,2,7-8,12-13,15-17,19H2,1H3,(H,33,34,39)/b26-18-,32-3-. The van der Waals surface area contributed by atoms with E-state index in [9.17, 15) is 9.59 Å².